The van der Waals surface area contributed by atoms with Gasteiger partial charge in [0.05, 0.1) is 19.9 Å². The topological polar surface area (TPSA) is 61.1 Å². The maximum Gasteiger partial charge on any atom is 0.274 e. The standard InChI is InChI=1S/C29H32N4O2/c1-32-19-25(17-30-32)24-16-28(29(34)33(20-24)18-21-6-4-3-5-7-21)31-26-12-8-22(9-13-26)23-10-14-27(35-2)15-11-23/h3-7,10-11,14-17,19-20,22,26,31H,8-9,12-13,18H2,1-2H3. The van der Waals surface area contributed by atoms with Gasteiger partial charge in [-0.3, -0.25) is 9.48 Å². The molecular formula is C29H32N4O2. The fourth-order valence-electron chi connectivity index (χ4n) is 5.03. The molecule has 2 aromatic heterocycles. The average molecular weight is 469 g/mol. The van der Waals surface area contributed by atoms with Crippen molar-refractivity contribution in [2.24, 2.45) is 7.05 Å². The highest BCUT2D eigenvalue weighted by molar-refractivity contribution is 5.65. The molecule has 0 aliphatic heterocycles. The zero-order valence-electron chi connectivity index (χ0n) is 20.4. The Bertz CT molecular complexity index is 1320. The number of aryl methyl sites for hydroxylation is 1. The molecule has 0 radical (unpaired) electrons. The molecular weight excluding hydrogens is 436 g/mol. The van der Waals surface area contributed by atoms with Gasteiger partial charge in [0.2, 0.25) is 0 Å². The summed E-state index contributed by atoms with van der Waals surface area (Å²) in [5.41, 5.74) is 5.13. The summed E-state index contributed by atoms with van der Waals surface area (Å²) >= 11 is 0. The lowest BCUT2D eigenvalue weighted by atomic mass is 9.81. The van der Waals surface area contributed by atoms with Gasteiger partial charge < -0.3 is 14.6 Å². The van der Waals surface area contributed by atoms with Gasteiger partial charge in [0.1, 0.15) is 11.4 Å². The Morgan fingerprint density at radius 1 is 0.971 bits per heavy atom. The quantitative estimate of drug-likeness (QED) is 0.392. The molecule has 2 aromatic carbocycles. The van der Waals surface area contributed by atoms with Crippen LogP contribution in [0.25, 0.3) is 11.1 Å². The molecule has 2 heterocycles. The molecule has 0 amide bonds. The lowest BCUT2D eigenvalue weighted by Gasteiger charge is -2.30. The van der Waals surface area contributed by atoms with E-state index in [9.17, 15) is 4.79 Å². The van der Waals surface area contributed by atoms with Gasteiger partial charge >= 0.3 is 0 Å². The zero-order chi connectivity index (χ0) is 24.2. The fraction of sp³-hybridized carbons (Fsp3) is 0.310. The van der Waals surface area contributed by atoms with E-state index in [1.165, 1.54) is 5.56 Å². The Hall–Kier alpha value is -3.80. The first-order valence-corrected chi connectivity index (χ1v) is 12.3. The number of methoxy groups -OCH3 is 1. The first-order valence-electron chi connectivity index (χ1n) is 12.3. The van der Waals surface area contributed by atoms with Crippen molar-refractivity contribution in [2.75, 3.05) is 12.4 Å². The SMILES string of the molecule is COc1ccc(C2CCC(Nc3cc(-c4cnn(C)c4)cn(Cc4ccccc4)c3=O)CC2)cc1. The van der Waals surface area contributed by atoms with Gasteiger partial charge in [0.25, 0.3) is 5.56 Å². The number of aromatic nitrogens is 3. The Morgan fingerprint density at radius 2 is 1.71 bits per heavy atom. The molecule has 0 atom stereocenters. The number of hydrogen-bond donors (Lipinski definition) is 1. The summed E-state index contributed by atoms with van der Waals surface area (Å²) < 4.78 is 8.89. The number of pyridine rings is 1. The molecule has 5 rings (SSSR count). The number of anilines is 1. The Labute approximate surface area is 206 Å². The highest BCUT2D eigenvalue weighted by Crippen LogP contribution is 2.34. The number of nitrogens with zero attached hydrogens (tertiary/aromatic N) is 3. The lowest BCUT2D eigenvalue weighted by Crippen LogP contribution is -2.31. The van der Waals surface area contributed by atoms with Crippen molar-refractivity contribution in [3.05, 3.63) is 101 Å². The van der Waals surface area contributed by atoms with Gasteiger partial charge in [0.15, 0.2) is 0 Å². The Kier molecular flexibility index (Phi) is 6.70. The number of benzene rings is 2. The second-order valence-electron chi connectivity index (χ2n) is 9.43. The second kappa shape index (κ2) is 10.2. The zero-order valence-corrected chi connectivity index (χ0v) is 20.4. The van der Waals surface area contributed by atoms with Crippen LogP contribution in [-0.2, 0) is 13.6 Å². The van der Waals surface area contributed by atoms with Crippen molar-refractivity contribution in [3.63, 3.8) is 0 Å². The molecule has 1 fully saturated rings. The van der Waals surface area contributed by atoms with Crippen LogP contribution in [0.2, 0.25) is 0 Å². The predicted molar refractivity (Wildman–Crippen MR) is 140 cm³/mol. The minimum Gasteiger partial charge on any atom is -0.497 e. The monoisotopic (exact) mass is 468 g/mol. The maximum atomic E-state index is 13.4. The van der Waals surface area contributed by atoms with Crippen LogP contribution in [0.5, 0.6) is 5.75 Å². The normalized spacial score (nSPS) is 17.8. The van der Waals surface area contributed by atoms with Gasteiger partial charge in [-0.2, -0.15) is 5.10 Å². The van der Waals surface area contributed by atoms with Gasteiger partial charge in [-0.15, -0.1) is 0 Å². The van der Waals surface area contributed by atoms with Crippen molar-refractivity contribution in [2.45, 2.75) is 44.2 Å². The molecule has 0 saturated heterocycles. The highest BCUT2D eigenvalue weighted by Gasteiger charge is 2.23. The molecule has 1 aliphatic carbocycles. The average Bonchev–Trinajstić information content (AvgIpc) is 3.34. The van der Waals surface area contributed by atoms with Crippen molar-refractivity contribution in [1.82, 2.24) is 14.3 Å². The summed E-state index contributed by atoms with van der Waals surface area (Å²) in [5, 5.41) is 7.93. The van der Waals surface area contributed by atoms with E-state index in [4.69, 9.17) is 4.74 Å². The summed E-state index contributed by atoms with van der Waals surface area (Å²) in [4.78, 5) is 13.4. The van der Waals surface area contributed by atoms with E-state index in [-0.39, 0.29) is 11.6 Å². The van der Waals surface area contributed by atoms with Crippen molar-refractivity contribution in [1.29, 1.82) is 0 Å². The van der Waals surface area contributed by atoms with Crippen LogP contribution in [0.1, 0.15) is 42.7 Å². The summed E-state index contributed by atoms with van der Waals surface area (Å²) in [5.74, 6) is 1.44. The van der Waals surface area contributed by atoms with Gasteiger partial charge in [0, 0.05) is 36.6 Å². The van der Waals surface area contributed by atoms with E-state index in [1.54, 1.807) is 11.8 Å². The van der Waals surface area contributed by atoms with Crippen molar-refractivity contribution < 1.29 is 4.74 Å². The van der Waals surface area contributed by atoms with Gasteiger partial charge in [-0.1, -0.05) is 42.5 Å². The smallest absolute Gasteiger partial charge is 0.274 e. The minimum absolute atomic E-state index is 0.0128. The van der Waals surface area contributed by atoms with Crippen molar-refractivity contribution >= 4 is 5.69 Å². The molecule has 4 aromatic rings. The number of nitrogens with one attached hydrogen (secondary N) is 1. The van der Waals surface area contributed by atoms with E-state index < -0.39 is 0 Å². The molecule has 1 aliphatic rings. The highest BCUT2D eigenvalue weighted by atomic mass is 16.5. The summed E-state index contributed by atoms with van der Waals surface area (Å²) in [7, 11) is 3.60. The molecule has 6 nitrogen and oxygen atoms in total. The maximum absolute atomic E-state index is 13.4. The van der Waals surface area contributed by atoms with Crippen LogP contribution in [0.4, 0.5) is 5.69 Å². The minimum atomic E-state index is 0.0128. The molecule has 1 saturated carbocycles. The summed E-state index contributed by atoms with van der Waals surface area (Å²) in [6.07, 6.45) is 10.0. The van der Waals surface area contributed by atoms with E-state index in [2.05, 4.69) is 34.7 Å². The van der Waals surface area contributed by atoms with Crippen LogP contribution in [-0.4, -0.2) is 27.5 Å². The van der Waals surface area contributed by atoms with E-state index in [0.29, 0.717) is 18.2 Å². The third-order valence-corrected chi connectivity index (χ3v) is 6.99. The fourth-order valence-corrected chi connectivity index (χ4v) is 5.03. The largest absolute Gasteiger partial charge is 0.497 e. The third-order valence-electron chi connectivity index (χ3n) is 6.99. The van der Waals surface area contributed by atoms with Crippen LogP contribution >= 0.6 is 0 Å². The molecule has 1 N–H and O–H groups in total. The predicted octanol–water partition coefficient (Wildman–Crippen LogP) is 5.44. The van der Waals surface area contributed by atoms with Crippen LogP contribution in [0.15, 0.2) is 84.0 Å². The second-order valence-corrected chi connectivity index (χ2v) is 9.43. The molecule has 0 spiro atoms. The van der Waals surface area contributed by atoms with Crippen molar-refractivity contribution in [3.8, 4) is 16.9 Å². The van der Waals surface area contributed by atoms with E-state index >= 15 is 0 Å². The lowest BCUT2D eigenvalue weighted by molar-refractivity contribution is 0.406. The number of hydrogen-bond acceptors (Lipinski definition) is 4. The van der Waals surface area contributed by atoms with Crippen LogP contribution in [0.3, 0.4) is 0 Å². The summed E-state index contributed by atoms with van der Waals surface area (Å²) in [6, 6.07) is 20.8. The van der Waals surface area contributed by atoms with E-state index in [0.717, 1.165) is 48.1 Å². The number of ether oxygens (including phenoxy) is 1. The molecule has 6 heteroatoms. The van der Waals surface area contributed by atoms with Crippen LogP contribution in [0, 0.1) is 0 Å². The van der Waals surface area contributed by atoms with Gasteiger partial charge in [-0.05, 0) is 60.9 Å². The number of rotatable bonds is 7. The Morgan fingerprint density at radius 3 is 2.37 bits per heavy atom. The molecule has 180 valence electrons. The van der Waals surface area contributed by atoms with Crippen LogP contribution < -0.4 is 15.6 Å². The van der Waals surface area contributed by atoms with E-state index in [1.807, 2.05) is 66.6 Å². The third kappa shape index (κ3) is 5.32. The molecule has 35 heavy (non-hydrogen) atoms. The molecule has 0 unspecified atom stereocenters. The Balaban J connectivity index is 1.35. The molecule has 0 bridgehead atoms. The summed E-state index contributed by atoms with van der Waals surface area (Å²) in [6.45, 7) is 0.534. The van der Waals surface area contributed by atoms with Gasteiger partial charge in [-0.25, -0.2) is 0 Å². The first kappa shape index (κ1) is 23.0. The first-order chi connectivity index (χ1) is 17.1.